The number of amides is 1. The second kappa shape index (κ2) is 7.82. The first-order valence-electron chi connectivity index (χ1n) is 11.7. The van der Waals surface area contributed by atoms with Crippen LogP contribution in [-0.2, 0) is 21.0 Å². The van der Waals surface area contributed by atoms with E-state index in [1.165, 1.54) is 4.90 Å². The average molecular weight is 504 g/mol. The molecule has 5 heterocycles. The third-order valence-corrected chi connectivity index (χ3v) is 9.04. The van der Waals surface area contributed by atoms with Crippen LogP contribution in [0.2, 0.25) is 0 Å². The molecule has 4 aliphatic rings. The highest BCUT2D eigenvalue weighted by Gasteiger charge is 2.52. The smallest absolute Gasteiger partial charge is 0.276 e. The number of aromatic nitrogens is 1. The number of carbonyl (C=O) groups is 1. The van der Waals surface area contributed by atoms with Crippen LogP contribution < -0.4 is 4.90 Å². The molecule has 2 fully saturated rings. The number of hydrogen-bond acceptors (Lipinski definition) is 9. The van der Waals surface area contributed by atoms with Crippen molar-refractivity contribution < 1.29 is 26.9 Å². The lowest BCUT2D eigenvalue weighted by molar-refractivity contribution is -0.0432. The molecule has 35 heavy (non-hydrogen) atoms. The first-order valence-corrected chi connectivity index (χ1v) is 13.6. The molecule has 4 aliphatic heterocycles. The Balaban J connectivity index is 1.46. The number of halogens is 1. The number of carbonyl (C=O) groups excluding carboxylic acids is 1. The number of morpholine rings is 1. The van der Waals surface area contributed by atoms with Gasteiger partial charge in [0.15, 0.2) is 21.3 Å². The average Bonchev–Trinajstić information content (AvgIpc) is 3.22. The Hall–Kier alpha value is -2.86. The molecule has 1 spiro atoms. The number of anilines is 1. The SMILES string of the molecule is CC1CN2c3c(cc4c(C(=O)N5CCS(=O)(=O)CC5)noc4c3F)CC3(C=NCN=C3)[C@@H]2C(C)O1. The summed E-state index contributed by atoms with van der Waals surface area (Å²) in [6, 6.07) is 1.57. The molecule has 0 aliphatic carbocycles. The zero-order valence-corrected chi connectivity index (χ0v) is 20.3. The van der Waals surface area contributed by atoms with Crippen LogP contribution in [0, 0.1) is 11.2 Å². The van der Waals surface area contributed by atoms with Gasteiger partial charge in [0.25, 0.3) is 5.91 Å². The van der Waals surface area contributed by atoms with Gasteiger partial charge in [0.2, 0.25) is 5.58 Å². The Bertz CT molecular complexity index is 1360. The van der Waals surface area contributed by atoms with Gasteiger partial charge in [-0.2, -0.15) is 0 Å². The molecule has 186 valence electrons. The summed E-state index contributed by atoms with van der Waals surface area (Å²) < 4.78 is 51.1. The largest absolute Gasteiger partial charge is 0.372 e. The normalized spacial score (nSPS) is 28.8. The van der Waals surface area contributed by atoms with Crippen molar-refractivity contribution in [3.8, 4) is 0 Å². The lowest BCUT2D eigenvalue weighted by atomic mass is 9.69. The summed E-state index contributed by atoms with van der Waals surface area (Å²) in [5.74, 6) is -1.23. The maximum atomic E-state index is 16.1. The van der Waals surface area contributed by atoms with Crippen LogP contribution in [0.5, 0.6) is 0 Å². The summed E-state index contributed by atoms with van der Waals surface area (Å²) in [6.45, 7) is 4.93. The van der Waals surface area contributed by atoms with Crippen LogP contribution in [-0.4, -0.2) is 92.9 Å². The Kier molecular flexibility index (Phi) is 5.05. The molecule has 12 heteroatoms. The fourth-order valence-corrected chi connectivity index (χ4v) is 7.21. The van der Waals surface area contributed by atoms with Gasteiger partial charge in [-0.3, -0.25) is 14.8 Å². The molecule has 10 nitrogen and oxygen atoms in total. The van der Waals surface area contributed by atoms with Crippen LogP contribution in [0.1, 0.15) is 29.9 Å². The van der Waals surface area contributed by atoms with Gasteiger partial charge in [0, 0.05) is 32.1 Å². The van der Waals surface area contributed by atoms with Crippen LogP contribution in [0.3, 0.4) is 0 Å². The Labute approximate surface area is 201 Å². The second-order valence-corrected chi connectivity index (χ2v) is 12.2. The molecular weight excluding hydrogens is 477 g/mol. The number of sulfone groups is 1. The van der Waals surface area contributed by atoms with E-state index in [4.69, 9.17) is 9.26 Å². The van der Waals surface area contributed by atoms with E-state index in [9.17, 15) is 13.2 Å². The number of hydrogen-bond donors (Lipinski definition) is 0. The number of nitrogens with zero attached hydrogens (tertiary/aromatic N) is 5. The van der Waals surface area contributed by atoms with Gasteiger partial charge >= 0.3 is 0 Å². The molecular formula is C23H26FN5O5S. The van der Waals surface area contributed by atoms with Crippen molar-refractivity contribution in [1.82, 2.24) is 10.1 Å². The van der Waals surface area contributed by atoms with Crippen molar-refractivity contribution in [3.05, 3.63) is 23.1 Å². The molecule has 0 bridgehead atoms. The van der Waals surface area contributed by atoms with Crippen LogP contribution in [0.4, 0.5) is 10.1 Å². The lowest BCUT2D eigenvalue weighted by Crippen LogP contribution is -2.65. The van der Waals surface area contributed by atoms with E-state index in [0.717, 1.165) is 0 Å². The molecule has 1 amide bonds. The van der Waals surface area contributed by atoms with Gasteiger partial charge in [0.05, 0.1) is 46.2 Å². The Morgan fingerprint density at radius 1 is 1.20 bits per heavy atom. The van der Waals surface area contributed by atoms with Gasteiger partial charge in [-0.25, -0.2) is 12.8 Å². The number of ether oxygens (including phenoxy) is 1. The zero-order valence-electron chi connectivity index (χ0n) is 19.5. The summed E-state index contributed by atoms with van der Waals surface area (Å²) in [7, 11) is -3.15. The van der Waals surface area contributed by atoms with E-state index in [-0.39, 0.29) is 59.5 Å². The van der Waals surface area contributed by atoms with Crippen molar-refractivity contribution >= 4 is 44.8 Å². The highest BCUT2D eigenvalue weighted by Crippen LogP contribution is 2.47. The predicted octanol–water partition coefficient (Wildman–Crippen LogP) is 1.47. The van der Waals surface area contributed by atoms with E-state index < -0.39 is 27.0 Å². The summed E-state index contributed by atoms with van der Waals surface area (Å²) >= 11 is 0. The monoisotopic (exact) mass is 503 g/mol. The van der Waals surface area contributed by atoms with Crippen molar-refractivity contribution in [2.24, 2.45) is 15.4 Å². The third kappa shape index (κ3) is 3.48. The van der Waals surface area contributed by atoms with Gasteiger partial charge < -0.3 is 19.1 Å². The molecule has 2 aromatic rings. The molecule has 3 atom stereocenters. The fourth-order valence-electron chi connectivity index (χ4n) is 6.01. The molecule has 6 rings (SSSR count). The maximum Gasteiger partial charge on any atom is 0.276 e. The molecule has 2 saturated heterocycles. The van der Waals surface area contributed by atoms with Gasteiger partial charge in [-0.15, -0.1) is 0 Å². The van der Waals surface area contributed by atoms with Gasteiger partial charge in [-0.1, -0.05) is 5.16 Å². The number of rotatable bonds is 1. The molecule has 0 radical (unpaired) electrons. The van der Waals surface area contributed by atoms with Crippen molar-refractivity contribution in [2.45, 2.75) is 38.5 Å². The quantitative estimate of drug-likeness (QED) is 0.578. The van der Waals surface area contributed by atoms with Crippen molar-refractivity contribution in [3.63, 3.8) is 0 Å². The first-order chi connectivity index (χ1) is 16.7. The van der Waals surface area contributed by atoms with E-state index in [1.54, 1.807) is 6.07 Å². The predicted molar refractivity (Wildman–Crippen MR) is 128 cm³/mol. The molecule has 2 unspecified atom stereocenters. The summed E-state index contributed by atoms with van der Waals surface area (Å²) in [5.41, 5.74) is 0.483. The lowest BCUT2D eigenvalue weighted by Gasteiger charge is -2.54. The minimum absolute atomic E-state index is 0.00753. The first kappa shape index (κ1) is 22.6. The molecule has 0 N–H and O–H groups in total. The van der Waals surface area contributed by atoms with Crippen LogP contribution >= 0.6 is 0 Å². The standard InChI is InChI=1S/C23H26FN5O5S/c1-13-9-29-19-15(8-23(10-25-12-26-11-23)21(29)14(2)33-13)7-16-18(27-34-20(16)17(19)24)22(30)28-3-5-35(31,32)6-4-28/h7,10-11,13-14,21H,3-6,8-9,12H2,1-2H3/t13?,14?,21-/m0/s1. The van der Waals surface area contributed by atoms with E-state index in [2.05, 4.69) is 15.1 Å². The number of benzene rings is 1. The maximum absolute atomic E-state index is 16.1. The zero-order chi connectivity index (χ0) is 24.5. The Morgan fingerprint density at radius 3 is 2.63 bits per heavy atom. The molecule has 1 aromatic heterocycles. The van der Waals surface area contributed by atoms with Crippen molar-refractivity contribution in [1.29, 1.82) is 0 Å². The molecule has 1 aromatic carbocycles. The molecule has 0 saturated carbocycles. The number of fused-ring (bicyclic) bond motifs is 5. The van der Waals surface area contributed by atoms with Gasteiger partial charge in [-0.05, 0) is 31.9 Å². The summed E-state index contributed by atoms with van der Waals surface area (Å²) in [4.78, 5) is 25.5. The van der Waals surface area contributed by atoms with E-state index in [0.29, 0.717) is 30.9 Å². The third-order valence-electron chi connectivity index (χ3n) is 7.43. The summed E-state index contributed by atoms with van der Waals surface area (Å²) in [6.07, 6.45) is 3.92. The number of aliphatic imine (C=N–C) groups is 2. The van der Waals surface area contributed by atoms with Crippen LogP contribution in [0.25, 0.3) is 11.0 Å². The highest BCUT2D eigenvalue weighted by molar-refractivity contribution is 7.91. The van der Waals surface area contributed by atoms with Gasteiger partial charge in [0.1, 0.15) is 6.67 Å². The fraction of sp³-hybridized carbons (Fsp3) is 0.565. The topological polar surface area (TPSA) is 118 Å². The van der Waals surface area contributed by atoms with Crippen LogP contribution in [0.15, 0.2) is 20.6 Å². The second-order valence-electron chi connectivity index (χ2n) is 9.85. The highest BCUT2D eigenvalue weighted by atomic mass is 32.2. The minimum Gasteiger partial charge on any atom is -0.372 e. The van der Waals surface area contributed by atoms with E-state index in [1.807, 2.05) is 31.2 Å². The summed E-state index contributed by atoms with van der Waals surface area (Å²) in [5, 5.41) is 4.21. The van der Waals surface area contributed by atoms with Crippen molar-refractivity contribution in [2.75, 3.05) is 42.7 Å². The Morgan fingerprint density at radius 2 is 1.91 bits per heavy atom. The minimum atomic E-state index is -3.15. The van der Waals surface area contributed by atoms with E-state index >= 15 is 4.39 Å².